The van der Waals surface area contributed by atoms with E-state index in [1.165, 1.54) is 29.1 Å². The Morgan fingerprint density at radius 2 is 1.96 bits per heavy atom. The van der Waals surface area contributed by atoms with Crippen LogP contribution < -0.4 is 5.32 Å². The standard InChI is InChI=1S/C20H18N4OS/c1-14-8-9-18(10-15(14)2)26-13-19(25)23-20-16(11-21)12-22-24(20)17-6-4-3-5-7-17/h3-10,12H,13H2,1-2H3,(H,23,25). The third-order valence-electron chi connectivity index (χ3n) is 4.00. The fourth-order valence-electron chi connectivity index (χ4n) is 2.44. The largest absolute Gasteiger partial charge is 0.309 e. The van der Waals surface area contributed by atoms with Crippen molar-refractivity contribution in [2.75, 3.05) is 11.1 Å². The zero-order chi connectivity index (χ0) is 18.5. The average Bonchev–Trinajstić information content (AvgIpc) is 3.06. The number of hydrogen-bond acceptors (Lipinski definition) is 4. The van der Waals surface area contributed by atoms with Gasteiger partial charge in [-0.3, -0.25) is 4.79 Å². The van der Waals surface area contributed by atoms with Crippen LogP contribution in [-0.4, -0.2) is 21.4 Å². The van der Waals surface area contributed by atoms with E-state index in [0.29, 0.717) is 11.4 Å². The molecule has 0 spiro atoms. The van der Waals surface area contributed by atoms with Crippen LogP contribution in [0.1, 0.15) is 16.7 Å². The van der Waals surface area contributed by atoms with Crippen molar-refractivity contribution in [3.8, 4) is 11.8 Å². The predicted molar refractivity (Wildman–Crippen MR) is 104 cm³/mol. The number of nitriles is 1. The number of hydrogen-bond donors (Lipinski definition) is 1. The van der Waals surface area contributed by atoms with Gasteiger partial charge >= 0.3 is 0 Å². The number of rotatable bonds is 5. The van der Waals surface area contributed by atoms with E-state index >= 15 is 0 Å². The van der Waals surface area contributed by atoms with Gasteiger partial charge in [0.05, 0.1) is 17.6 Å². The summed E-state index contributed by atoms with van der Waals surface area (Å²) in [6.07, 6.45) is 1.46. The SMILES string of the molecule is Cc1ccc(SCC(=O)Nc2c(C#N)cnn2-c2ccccc2)cc1C. The van der Waals surface area contributed by atoms with Gasteiger partial charge in [-0.15, -0.1) is 11.8 Å². The molecule has 0 fully saturated rings. The highest BCUT2D eigenvalue weighted by Gasteiger charge is 2.15. The van der Waals surface area contributed by atoms with Gasteiger partial charge in [-0.1, -0.05) is 24.3 Å². The molecular formula is C20H18N4OS. The minimum absolute atomic E-state index is 0.178. The van der Waals surface area contributed by atoms with Gasteiger partial charge in [0.1, 0.15) is 11.6 Å². The molecule has 0 saturated carbocycles. The van der Waals surface area contributed by atoms with Crippen molar-refractivity contribution < 1.29 is 4.79 Å². The van der Waals surface area contributed by atoms with Crippen LogP contribution in [0.4, 0.5) is 5.82 Å². The van der Waals surface area contributed by atoms with Gasteiger partial charge in [-0.05, 0) is 49.2 Å². The summed E-state index contributed by atoms with van der Waals surface area (Å²) in [5, 5.41) is 16.3. The van der Waals surface area contributed by atoms with Gasteiger partial charge in [-0.2, -0.15) is 10.4 Å². The topological polar surface area (TPSA) is 70.7 Å². The Kier molecular flexibility index (Phi) is 5.40. The van der Waals surface area contributed by atoms with Gasteiger partial charge in [0, 0.05) is 4.90 Å². The number of aromatic nitrogens is 2. The smallest absolute Gasteiger partial charge is 0.235 e. The van der Waals surface area contributed by atoms with Crippen molar-refractivity contribution in [3.05, 3.63) is 71.4 Å². The molecule has 0 aliphatic rings. The molecule has 26 heavy (non-hydrogen) atoms. The molecule has 1 aromatic heterocycles. The zero-order valence-electron chi connectivity index (χ0n) is 14.6. The lowest BCUT2D eigenvalue weighted by Crippen LogP contribution is -2.17. The minimum Gasteiger partial charge on any atom is -0.309 e. The van der Waals surface area contributed by atoms with E-state index in [1.54, 1.807) is 4.68 Å². The number of thioether (sulfide) groups is 1. The molecule has 0 aliphatic carbocycles. The maximum Gasteiger partial charge on any atom is 0.235 e. The predicted octanol–water partition coefficient (Wildman–Crippen LogP) is 4.09. The fraction of sp³-hybridized carbons (Fsp3) is 0.150. The second-order valence-corrected chi connectivity index (χ2v) is 6.90. The van der Waals surface area contributed by atoms with Crippen LogP contribution in [0.5, 0.6) is 0 Å². The van der Waals surface area contributed by atoms with Crippen LogP contribution in [0.25, 0.3) is 5.69 Å². The van der Waals surface area contributed by atoms with Crippen LogP contribution in [0.15, 0.2) is 59.6 Å². The Bertz CT molecular complexity index is 973. The minimum atomic E-state index is -0.178. The Balaban J connectivity index is 1.74. The summed E-state index contributed by atoms with van der Waals surface area (Å²) >= 11 is 1.46. The van der Waals surface area contributed by atoms with Crippen LogP contribution >= 0.6 is 11.8 Å². The molecule has 1 amide bonds. The molecule has 3 aromatic rings. The molecule has 0 unspecified atom stereocenters. The molecule has 2 aromatic carbocycles. The van der Waals surface area contributed by atoms with Crippen molar-refractivity contribution in [3.63, 3.8) is 0 Å². The molecule has 1 heterocycles. The Morgan fingerprint density at radius 3 is 2.65 bits per heavy atom. The first-order chi connectivity index (χ1) is 12.6. The van der Waals surface area contributed by atoms with Gasteiger partial charge in [0.2, 0.25) is 5.91 Å². The third kappa shape index (κ3) is 3.95. The Morgan fingerprint density at radius 1 is 1.19 bits per heavy atom. The van der Waals surface area contributed by atoms with Crippen molar-refractivity contribution >= 4 is 23.5 Å². The van der Waals surface area contributed by atoms with E-state index in [-0.39, 0.29) is 11.7 Å². The van der Waals surface area contributed by atoms with E-state index in [0.717, 1.165) is 10.6 Å². The van der Waals surface area contributed by atoms with Crippen molar-refractivity contribution in [2.45, 2.75) is 18.7 Å². The number of amides is 1. The van der Waals surface area contributed by atoms with E-state index in [9.17, 15) is 10.1 Å². The van der Waals surface area contributed by atoms with E-state index in [2.05, 4.69) is 36.4 Å². The van der Waals surface area contributed by atoms with Gasteiger partial charge in [0.25, 0.3) is 0 Å². The maximum absolute atomic E-state index is 12.4. The number of carbonyl (C=O) groups excluding carboxylic acids is 1. The molecule has 1 N–H and O–H groups in total. The lowest BCUT2D eigenvalue weighted by molar-refractivity contribution is -0.113. The van der Waals surface area contributed by atoms with Crippen LogP contribution in [0, 0.1) is 25.2 Å². The molecule has 130 valence electrons. The molecule has 5 nitrogen and oxygen atoms in total. The van der Waals surface area contributed by atoms with Gasteiger partial charge < -0.3 is 5.32 Å². The fourth-order valence-corrected chi connectivity index (χ4v) is 3.23. The highest BCUT2D eigenvalue weighted by atomic mass is 32.2. The second kappa shape index (κ2) is 7.89. The highest BCUT2D eigenvalue weighted by molar-refractivity contribution is 8.00. The third-order valence-corrected chi connectivity index (χ3v) is 4.99. The van der Waals surface area contributed by atoms with Gasteiger partial charge in [-0.25, -0.2) is 4.68 Å². The summed E-state index contributed by atoms with van der Waals surface area (Å²) in [7, 11) is 0. The van der Waals surface area contributed by atoms with Crippen LogP contribution in [0.3, 0.4) is 0 Å². The highest BCUT2D eigenvalue weighted by Crippen LogP contribution is 2.23. The Hall–Kier alpha value is -3.04. The lowest BCUT2D eigenvalue weighted by Gasteiger charge is -2.10. The summed E-state index contributed by atoms with van der Waals surface area (Å²) in [6.45, 7) is 4.11. The number of benzene rings is 2. The molecule has 6 heteroatoms. The molecule has 3 rings (SSSR count). The monoisotopic (exact) mass is 362 g/mol. The van der Waals surface area contributed by atoms with Crippen LogP contribution in [-0.2, 0) is 4.79 Å². The molecule has 0 bridgehead atoms. The quantitative estimate of drug-likeness (QED) is 0.694. The number of anilines is 1. The van der Waals surface area contributed by atoms with E-state index < -0.39 is 0 Å². The summed E-state index contributed by atoms with van der Waals surface area (Å²) < 4.78 is 1.57. The first-order valence-corrected chi connectivity index (χ1v) is 9.10. The number of para-hydroxylation sites is 1. The first kappa shape index (κ1) is 17.8. The van der Waals surface area contributed by atoms with Crippen molar-refractivity contribution in [2.24, 2.45) is 0 Å². The summed E-state index contributed by atoms with van der Waals surface area (Å²) in [5.74, 6) is 0.472. The summed E-state index contributed by atoms with van der Waals surface area (Å²) in [5.41, 5.74) is 3.54. The average molecular weight is 362 g/mol. The van der Waals surface area contributed by atoms with Crippen molar-refractivity contribution in [1.82, 2.24) is 9.78 Å². The molecular weight excluding hydrogens is 344 g/mol. The number of carbonyl (C=O) groups is 1. The zero-order valence-corrected chi connectivity index (χ0v) is 15.4. The number of nitrogens with zero attached hydrogens (tertiary/aromatic N) is 3. The Labute approximate surface area is 156 Å². The molecule has 0 aliphatic heterocycles. The molecule has 0 atom stereocenters. The van der Waals surface area contributed by atoms with Gasteiger partial charge in [0.15, 0.2) is 5.82 Å². The second-order valence-electron chi connectivity index (χ2n) is 5.85. The first-order valence-electron chi connectivity index (χ1n) is 8.12. The summed E-state index contributed by atoms with van der Waals surface area (Å²) in [6, 6.07) is 17.6. The van der Waals surface area contributed by atoms with E-state index in [1.807, 2.05) is 42.5 Å². The lowest BCUT2D eigenvalue weighted by atomic mass is 10.1. The molecule has 0 radical (unpaired) electrons. The van der Waals surface area contributed by atoms with Crippen LogP contribution in [0.2, 0.25) is 0 Å². The maximum atomic E-state index is 12.4. The molecule has 0 saturated heterocycles. The number of nitrogens with one attached hydrogen (secondary N) is 1. The number of aryl methyl sites for hydroxylation is 2. The normalized spacial score (nSPS) is 10.3. The van der Waals surface area contributed by atoms with Crippen molar-refractivity contribution in [1.29, 1.82) is 5.26 Å². The summed E-state index contributed by atoms with van der Waals surface area (Å²) in [4.78, 5) is 13.4. The van der Waals surface area contributed by atoms with E-state index in [4.69, 9.17) is 0 Å².